The average Bonchev–Trinajstić information content (AvgIpc) is 2.76. The van der Waals surface area contributed by atoms with Gasteiger partial charge >= 0.3 is 11.9 Å². The van der Waals surface area contributed by atoms with Gasteiger partial charge in [-0.3, -0.25) is 0 Å². The van der Waals surface area contributed by atoms with Gasteiger partial charge in [0.1, 0.15) is 17.2 Å². The fourth-order valence-electron chi connectivity index (χ4n) is 3.06. The topological polar surface area (TPSA) is 96.3 Å². The molecular formula is C23H29NO6. The Kier molecular flexibility index (Phi) is 10.2. The number of carboxylic acids is 2. The number of ether oxygens (including phenoxy) is 2. The van der Waals surface area contributed by atoms with Crippen LogP contribution in [-0.2, 0) is 9.59 Å². The summed E-state index contributed by atoms with van der Waals surface area (Å²) in [5.41, 5.74) is 0. The molecule has 1 saturated heterocycles. The fraction of sp³-hybridized carbons (Fsp3) is 0.391. The van der Waals surface area contributed by atoms with Crippen molar-refractivity contribution in [1.29, 1.82) is 0 Å². The largest absolute Gasteiger partial charge is 0.493 e. The Morgan fingerprint density at radius 1 is 0.800 bits per heavy atom. The first-order chi connectivity index (χ1) is 14.5. The predicted octanol–water partition coefficient (Wildman–Crippen LogP) is 4.28. The molecule has 7 nitrogen and oxygen atoms in total. The van der Waals surface area contributed by atoms with Gasteiger partial charge in [0.25, 0.3) is 0 Å². The van der Waals surface area contributed by atoms with Crippen LogP contribution in [0.2, 0.25) is 0 Å². The molecule has 1 aliphatic rings. The molecule has 0 saturated carbocycles. The zero-order chi connectivity index (χ0) is 21.6. The van der Waals surface area contributed by atoms with Gasteiger partial charge in [0.2, 0.25) is 0 Å². The lowest BCUT2D eigenvalue weighted by atomic mass is 10.1. The standard InChI is InChI=1S/C21H27NO2.C2H2O4/c1-3-10-19(11-4-1)24-21-13-9-12-20(18-21)23-17-8-7-16-22-14-5-2-6-15-22;3-1(4)2(5)6/h1,3-4,9-13,18H,2,5-8,14-17H2;(H,3,4)(H,5,6). The van der Waals surface area contributed by atoms with Crippen LogP contribution in [0.4, 0.5) is 0 Å². The lowest BCUT2D eigenvalue weighted by molar-refractivity contribution is -0.159. The van der Waals surface area contributed by atoms with Crippen LogP contribution in [0.5, 0.6) is 17.2 Å². The number of carboxylic acid groups (broad SMARTS) is 2. The number of piperidine rings is 1. The van der Waals surface area contributed by atoms with E-state index >= 15 is 0 Å². The van der Waals surface area contributed by atoms with Crippen molar-refractivity contribution < 1.29 is 29.3 Å². The van der Waals surface area contributed by atoms with Crippen LogP contribution >= 0.6 is 0 Å². The first kappa shape index (κ1) is 23.2. The summed E-state index contributed by atoms with van der Waals surface area (Å²) in [5.74, 6) is -1.12. The maximum atomic E-state index is 9.10. The molecule has 162 valence electrons. The van der Waals surface area contributed by atoms with E-state index in [2.05, 4.69) is 4.90 Å². The van der Waals surface area contributed by atoms with E-state index < -0.39 is 11.9 Å². The molecule has 0 radical (unpaired) electrons. The van der Waals surface area contributed by atoms with Gasteiger partial charge in [-0.25, -0.2) is 9.59 Å². The van der Waals surface area contributed by atoms with Crippen molar-refractivity contribution in [1.82, 2.24) is 4.90 Å². The van der Waals surface area contributed by atoms with Crippen molar-refractivity contribution in [3.05, 3.63) is 54.6 Å². The molecule has 1 aliphatic heterocycles. The van der Waals surface area contributed by atoms with Crippen LogP contribution in [0, 0.1) is 0 Å². The summed E-state index contributed by atoms with van der Waals surface area (Å²) >= 11 is 0. The quantitative estimate of drug-likeness (QED) is 0.491. The van der Waals surface area contributed by atoms with E-state index in [4.69, 9.17) is 29.3 Å². The normalized spacial score (nSPS) is 13.6. The molecule has 1 heterocycles. The smallest absolute Gasteiger partial charge is 0.414 e. The third-order valence-corrected chi connectivity index (χ3v) is 4.55. The molecule has 30 heavy (non-hydrogen) atoms. The highest BCUT2D eigenvalue weighted by Gasteiger charge is 2.09. The Hall–Kier alpha value is -3.06. The number of rotatable bonds is 8. The summed E-state index contributed by atoms with van der Waals surface area (Å²) in [6, 6.07) is 17.7. The summed E-state index contributed by atoms with van der Waals surface area (Å²) in [4.78, 5) is 20.8. The second-order valence-electron chi connectivity index (χ2n) is 6.96. The molecule has 0 aliphatic carbocycles. The molecule has 0 aromatic heterocycles. The molecule has 2 N–H and O–H groups in total. The van der Waals surface area contributed by atoms with Crippen molar-refractivity contribution >= 4 is 11.9 Å². The van der Waals surface area contributed by atoms with Crippen LogP contribution in [-0.4, -0.2) is 53.3 Å². The van der Waals surface area contributed by atoms with Crippen LogP contribution < -0.4 is 9.47 Å². The van der Waals surface area contributed by atoms with Gasteiger partial charge in [-0.05, 0) is 69.6 Å². The number of para-hydroxylation sites is 1. The van der Waals surface area contributed by atoms with Gasteiger partial charge in [-0.1, -0.05) is 30.7 Å². The van der Waals surface area contributed by atoms with Crippen LogP contribution in [0.1, 0.15) is 32.1 Å². The van der Waals surface area contributed by atoms with E-state index in [1.165, 1.54) is 45.3 Å². The van der Waals surface area contributed by atoms with Crippen LogP contribution in [0.15, 0.2) is 54.6 Å². The summed E-state index contributed by atoms with van der Waals surface area (Å²) in [6.45, 7) is 4.53. The van der Waals surface area contributed by atoms with Crippen molar-refractivity contribution in [2.45, 2.75) is 32.1 Å². The number of likely N-dealkylation sites (tertiary alicyclic amines) is 1. The molecule has 2 aromatic rings. The number of aliphatic carboxylic acids is 2. The summed E-state index contributed by atoms with van der Waals surface area (Å²) in [6.07, 6.45) is 6.44. The first-order valence-electron chi connectivity index (χ1n) is 10.2. The molecule has 2 aromatic carbocycles. The Morgan fingerprint density at radius 2 is 1.43 bits per heavy atom. The molecule has 0 atom stereocenters. The van der Waals surface area contributed by atoms with Gasteiger partial charge < -0.3 is 24.6 Å². The Balaban J connectivity index is 0.000000469. The van der Waals surface area contributed by atoms with E-state index in [1.807, 2.05) is 54.6 Å². The molecule has 0 spiro atoms. The third kappa shape index (κ3) is 9.43. The summed E-state index contributed by atoms with van der Waals surface area (Å²) < 4.78 is 11.7. The Bertz CT molecular complexity index is 762. The van der Waals surface area contributed by atoms with Gasteiger partial charge in [0.05, 0.1) is 6.61 Å². The van der Waals surface area contributed by atoms with Crippen molar-refractivity contribution in [3.63, 3.8) is 0 Å². The summed E-state index contributed by atoms with van der Waals surface area (Å²) in [5, 5.41) is 14.8. The number of carbonyl (C=O) groups is 2. The molecule has 0 bridgehead atoms. The minimum Gasteiger partial charge on any atom is -0.493 e. The molecule has 0 unspecified atom stereocenters. The van der Waals surface area contributed by atoms with Gasteiger partial charge in [-0.15, -0.1) is 0 Å². The highest BCUT2D eigenvalue weighted by atomic mass is 16.5. The Morgan fingerprint density at radius 3 is 2.10 bits per heavy atom. The zero-order valence-electron chi connectivity index (χ0n) is 17.0. The predicted molar refractivity (Wildman–Crippen MR) is 113 cm³/mol. The maximum Gasteiger partial charge on any atom is 0.414 e. The lowest BCUT2D eigenvalue weighted by Gasteiger charge is -2.26. The third-order valence-electron chi connectivity index (χ3n) is 4.55. The highest BCUT2D eigenvalue weighted by molar-refractivity contribution is 6.27. The van der Waals surface area contributed by atoms with Gasteiger partial charge in [-0.2, -0.15) is 0 Å². The molecule has 1 fully saturated rings. The van der Waals surface area contributed by atoms with E-state index in [-0.39, 0.29) is 0 Å². The zero-order valence-corrected chi connectivity index (χ0v) is 17.0. The second-order valence-corrected chi connectivity index (χ2v) is 6.96. The minimum absolute atomic E-state index is 0.766. The van der Waals surface area contributed by atoms with E-state index in [9.17, 15) is 0 Å². The number of unbranched alkanes of at least 4 members (excludes halogenated alkanes) is 1. The van der Waals surface area contributed by atoms with E-state index in [1.54, 1.807) is 0 Å². The van der Waals surface area contributed by atoms with Gasteiger partial charge in [0, 0.05) is 6.07 Å². The average molecular weight is 415 g/mol. The number of hydrogen-bond donors (Lipinski definition) is 2. The number of benzene rings is 2. The number of nitrogens with zero attached hydrogens (tertiary/aromatic N) is 1. The minimum atomic E-state index is -1.82. The fourth-order valence-corrected chi connectivity index (χ4v) is 3.06. The Labute approximate surface area is 176 Å². The van der Waals surface area contributed by atoms with Crippen molar-refractivity contribution in [2.75, 3.05) is 26.2 Å². The molecular weight excluding hydrogens is 386 g/mol. The monoisotopic (exact) mass is 415 g/mol. The maximum absolute atomic E-state index is 9.10. The molecule has 3 rings (SSSR count). The molecule has 0 amide bonds. The van der Waals surface area contributed by atoms with Gasteiger partial charge in [0.15, 0.2) is 0 Å². The van der Waals surface area contributed by atoms with E-state index in [0.717, 1.165) is 30.3 Å². The van der Waals surface area contributed by atoms with E-state index in [0.29, 0.717) is 0 Å². The highest BCUT2D eigenvalue weighted by Crippen LogP contribution is 2.25. The lowest BCUT2D eigenvalue weighted by Crippen LogP contribution is -2.30. The molecule has 7 heteroatoms. The first-order valence-corrected chi connectivity index (χ1v) is 10.2. The second kappa shape index (κ2) is 13.2. The van der Waals surface area contributed by atoms with Crippen molar-refractivity contribution in [2.24, 2.45) is 0 Å². The van der Waals surface area contributed by atoms with Crippen LogP contribution in [0.3, 0.4) is 0 Å². The van der Waals surface area contributed by atoms with Crippen molar-refractivity contribution in [3.8, 4) is 17.2 Å². The van der Waals surface area contributed by atoms with Crippen LogP contribution in [0.25, 0.3) is 0 Å². The summed E-state index contributed by atoms with van der Waals surface area (Å²) in [7, 11) is 0. The number of hydrogen-bond acceptors (Lipinski definition) is 5. The SMILES string of the molecule is O=C(O)C(=O)O.c1ccc(Oc2cccc(OCCCCN3CCCCC3)c2)cc1.